The molecule has 0 saturated carbocycles. The third-order valence-electron chi connectivity index (χ3n) is 3.44. The second-order valence-corrected chi connectivity index (χ2v) is 5.93. The molecule has 0 atom stereocenters. The van der Waals surface area contributed by atoms with Crippen molar-refractivity contribution in [3.63, 3.8) is 0 Å². The van der Waals surface area contributed by atoms with Gasteiger partial charge in [-0.3, -0.25) is 24.9 Å². The average molecular weight is 376 g/mol. The van der Waals surface area contributed by atoms with Gasteiger partial charge in [0.15, 0.2) is 0 Å². The lowest BCUT2D eigenvalue weighted by molar-refractivity contribution is -0.385. The minimum absolute atomic E-state index is 0.135. The first-order valence-corrected chi connectivity index (χ1v) is 7.90. The standard InChI is InChI=1S/C15H14ClN7O3/c1-10-13(23(25)26)7-21(19-10)8-14(24)18-15-17-9-22(20-15)6-11-3-2-4-12(16)5-11/h2-5,7,9H,6,8H2,1H3,(H,18,20,24). The van der Waals surface area contributed by atoms with Gasteiger partial charge in [0.2, 0.25) is 11.9 Å². The highest BCUT2D eigenvalue weighted by Crippen LogP contribution is 2.15. The maximum absolute atomic E-state index is 12.0. The molecule has 1 aromatic carbocycles. The molecule has 0 fully saturated rings. The zero-order chi connectivity index (χ0) is 18.7. The van der Waals surface area contributed by atoms with Crippen LogP contribution >= 0.6 is 11.6 Å². The third-order valence-corrected chi connectivity index (χ3v) is 3.68. The molecule has 0 aliphatic carbocycles. The van der Waals surface area contributed by atoms with E-state index in [0.29, 0.717) is 11.6 Å². The van der Waals surface area contributed by atoms with E-state index in [1.54, 1.807) is 10.7 Å². The lowest BCUT2D eigenvalue weighted by Gasteiger charge is -2.02. The van der Waals surface area contributed by atoms with Crippen molar-refractivity contribution in [2.75, 3.05) is 5.32 Å². The van der Waals surface area contributed by atoms with Crippen molar-refractivity contribution in [2.24, 2.45) is 0 Å². The number of carbonyl (C=O) groups is 1. The summed E-state index contributed by atoms with van der Waals surface area (Å²) in [7, 11) is 0. The summed E-state index contributed by atoms with van der Waals surface area (Å²) in [6, 6.07) is 7.33. The molecule has 2 heterocycles. The second kappa shape index (κ2) is 7.31. The lowest BCUT2D eigenvalue weighted by atomic mass is 10.2. The number of halogens is 1. The minimum Gasteiger partial charge on any atom is -0.292 e. The number of anilines is 1. The molecule has 10 nitrogen and oxygen atoms in total. The van der Waals surface area contributed by atoms with Crippen LogP contribution in [0.4, 0.5) is 11.6 Å². The van der Waals surface area contributed by atoms with Crippen LogP contribution in [-0.2, 0) is 17.9 Å². The number of nitro groups is 1. The molecule has 11 heteroatoms. The van der Waals surface area contributed by atoms with Gasteiger partial charge in [0, 0.05) is 5.02 Å². The van der Waals surface area contributed by atoms with E-state index in [1.807, 2.05) is 18.2 Å². The normalized spacial score (nSPS) is 10.7. The van der Waals surface area contributed by atoms with E-state index in [0.717, 1.165) is 5.56 Å². The van der Waals surface area contributed by atoms with E-state index in [-0.39, 0.29) is 23.9 Å². The summed E-state index contributed by atoms with van der Waals surface area (Å²) in [6.45, 7) is 1.77. The summed E-state index contributed by atoms with van der Waals surface area (Å²) in [6.07, 6.45) is 2.69. The van der Waals surface area contributed by atoms with Gasteiger partial charge in [0.25, 0.3) is 0 Å². The van der Waals surface area contributed by atoms with Crippen molar-refractivity contribution in [3.8, 4) is 0 Å². The van der Waals surface area contributed by atoms with E-state index in [2.05, 4.69) is 20.5 Å². The van der Waals surface area contributed by atoms with Gasteiger partial charge in [-0.25, -0.2) is 9.67 Å². The van der Waals surface area contributed by atoms with Gasteiger partial charge in [-0.1, -0.05) is 23.7 Å². The maximum Gasteiger partial charge on any atom is 0.309 e. The molecule has 3 rings (SSSR count). The van der Waals surface area contributed by atoms with Gasteiger partial charge < -0.3 is 0 Å². The van der Waals surface area contributed by atoms with Crippen molar-refractivity contribution in [1.82, 2.24) is 24.5 Å². The zero-order valence-corrected chi connectivity index (χ0v) is 14.4. The van der Waals surface area contributed by atoms with Crippen LogP contribution in [0.5, 0.6) is 0 Å². The quantitative estimate of drug-likeness (QED) is 0.519. The van der Waals surface area contributed by atoms with E-state index >= 15 is 0 Å². The summed E-state index contributed by atoms with van der Waals surface area (Å²) >= 11 is 5.94. The van der Waals surface area contributed by atoms with Crippen LogP contribution in [0.15, 0.2) is 36.8 Å². The molecule has 134 valence electrons. The van der Waals surface area contributed by atoms with Crippen molar-refractivity contribution < 1.29 is 9.72 Å². The Hall–Kier alpha value is -3.27. The van der Waals surface area contributed by atoms with Crippen LogP contribution in [0.2, 0.25) is 5.02 Å². The van der Waals surface area contributed by atoms with Crippen LogP contribution < -0.4 is 5.32 Å². The number of benzene rings is 1. The highest BCUT2D eigenvalue weighted by molar-refractivity contribution is 6.30. The average Bonchev–Trinajstić information content (AvgIpc) is 3.13. The van der Waals surface area contributed by atoms with Crippen LogP contribution in [-0.4, -0.2) is 35.4 Å². The Bertz CT molecular complexity index is 966. The number of amides is 1. The van der Waals surface area contributed by atoms with Crippen LogP contribution in [0.1, 0.15) is 11.3 Å². The number of nitrogens with one attached hydrogen (secondary N) is 1. The number of carbonyl (C=O) groups excluding carboxylic acids is 1. The Labute approximate surface area is 152 Å². The van der Waals surface area contributed by atoms with Gasteiger partial charge in [-0.2, -0.15) is 5.10 Å². The number of hydrogen-bond donors (Lipinski definition) is 1. The first-order chi connectivity index (χ1) is 12.4. The molecule has 0 spiro atoms. The van der Waals surface area contributed by atoms with Crippen LogP contribution in [0, 0.1) is 17.0 Å². The topological polar surface area (TPSA) is 121 Å². The van der Waals surface area contributed by atoms with E-state index < -0.39 is 10.8 Å². The molecule has 0 saturated heterocycles. The Kier molecular flexibility index (Phi) is 4.94. The molecule has 0 aliphatic heterocycles. The fourth-order valence-electron chi connectivity index (χ4n) is 2.33. The smallest absolute Gasteiger partial charge is 0.292 e. The van der Waals surface area contributed by atoms with E-state index in [9.17, 15) is 14.9 Å². The van der Waals surface area contributed by atoms with Crippen molar-refractivity contribution in [3.05, 3.63) is 63.2 Å². The van der Waals surface area contributed by atoms with Crippen molar-refractivity contribution >= 4 is 29.1 Å². The third kappa shape index (κ3) is 4.22. The highest BCUT2D eigenvalue weighted by atomic mass is 35.5. The first kappa shape index (κ1) is 17.5. The number of aromatic nitrogens is 5. The molecule has 3 aromatic rings. The molecular weight excluding hydrogens is 362 g/mol. The Morgan fingerprint density at radius 1 is 1.35 bits per heavy atom. The highest BCUT2D eigenvalue weighted by Gasteiger charge is 2.17. The Morgan fingerprint density at radius 2 is 2.15 bits per heavy atom. The molecule has 0 aliphatic rings. The second-order valence-electron chi connectivity index (χ2n) is 5.50. The van der Waals surface area contributed by atoms with Gasteiger partial charge in [0.1, 0.15) is 24.8 Å². The monoisotopic (exact) mass is 375 g/mol. The van der Waals surface area contributed by atoms with Gasteiger partial charge in [0.05, 0.1) is 11.5 Å². The predicted octanol–water partition coefficient (Wildman–Crippen LogP) is 2.03. The predicted molar refractivity (Wildman–Crippen MR) is 92.8 cm³/mol. The largest absolute Gasteiger partial charge is 0.309 e. The number of hydrogen-bond acceptors (Lipinski definition) is 6. The zero-order valence-electron chi connectivity index (χ0n) is 13.7. The fourth-order valence-corrected chi connectivity index (χ4v) is 2.54. The van der Waals surface area contributed by atoms with Gasteiger partial charge in [-0.05, 0) is 24.6 Å². The van der Waals surface area contributed by atoms with Crippen molar-refractivity contribution in [2.45, 2.75) is 20.0 Å². The summed E-state index contributed by atoms with van der Waals surface area (Å²) < 4.78 is 2.76. The summed E-state index contributed by atoms with van der Waals surface area (Å²) in [5.41, 5.74) is 1.05. The molecular formula is C15H14ClN7O3. The van der Waals surface area contributed by atoms with Gasteiger partial charge >= 0.3 is 5.69 Å². The summed E-state index contributed by atoms with van der Waals surface area (Å²) in [5.74, 6) is -0.307. The lowest BCUT2D eigenvalue weighted by Crippen LogP contribution is -2.20. The fraction of sp³-hybridized carbons (Fsp3) is 0.200. The summed E-state index contributed by atoms with van der Waals surface area (Å²) in [5, 5.41) is 22.1. The van der Waals surface area contributed by atoms with Crippen molar-refractivity contribution in [1.29, 1.82) is 0 Å². The van der Waals surface area contributed by atoms with Crippen LogP contribution in [0.25, 0.3) is 0 Å². The van der Waals surface area contributed by atoms with Gasteiger partial charge in [-0.15, -0.1) is 5.10 Å². The summed E-state index contributed by atoms with van der Waals surface area (Å²) in [4.78, 5) is 26.3. The number of rotatable bonds is 6. The molecule has 0 unspecified atom stereocenters. The maximum atomic E-state index is 12.0. The Morgan fingerprint density at radius 3 is 2.85 bits per heavy atom. The number of aryl methyl sites for hydroxylation is 1. The number of nitrogens with zero attached hydrogens (tertiary/aromatic N) is 6. The molecule has 1 amide bonds. The first-order valence-electron chi connectivity index (χ1n) is 7.53. The van der Waals surface area contributed by atoms with E-state index in [1.165, 1.54) is 24.1 Å². The molecule has 0 radical (unpaired) electrons. The Balaban J connectivity index is 1.61. The molecule has 26 heavy (non-hydrogen) atoms. The van der Waals surface area contributed by atoms with Crippen LogP contribution in [0.3, 0.4) is 0 Å². The molecule has 2 aromatic heterocycles. The van der Waals surface area contributed by atoms with E-state index in [4.69, 9.17) is 11.6 Å². The SMILES string of the molecule is Cc1nn(CC(=O)Nc2ncn(Cc3cccc(Cl)c3)n2)cc1[N+](=O)[O-]. The molecule has 0 bridgehead atoms. The molecule has 1 N–H and O–H groups in total. The minimum atomic E-state index is -0.546.